The van der Waals surface area contributed by atoms with Crippen molar-refractivity contribution in [2.24, 2.45) is 5.92 Å². The Bertz CT molecular complexity index is 1420. The molecule has 2 amide bonds. The van der Waals surface area contributed by atoms with Crippen LogP contribution in [0, 0.1) is 5.92 Å². The first-order valence-electron chi connectivity index (χ1n) is 10.5. The van der Waals surface area contributed by atoms with E-state index in [1.165, 1.54) is 18.2 Å². The Morgan fingerprint density at radius 3 is 2.24 bits per heavy atom. The van der Waals surface area contributed by atoms with Crippen LogP contribution in [-0.2, 0) is 41.2 Å². The van der Waals surface area contributed by atoms with Gasteiger partial charge in [0.05, 0.1) is 12.0 Å². The average molecular weight is 477 g/mol. The largest absolute Gasteiger partial charge is 0.468 e. The number of esters is 1. The first-order valence-corrected chi connectivity index (χ1v) is 12.0. The minimum atomic E-state index is -4.22. The second-order valence-electron chi connectivity index (χ2n) is 8.11. The molecule has 0 bridgehead atoms. The first-order chi connectivity index (χ1) is 16.3. The van der Waals surface area contributed by atoms with Crippen LogP contribution in [0.4, 0.5) is 0 Å². The lowest BCUT2D eigenvalue weighted by Gasteiger charge is -2.34. The van der Waals surface area contributed by atoms with Crippen LogP contribution in [-0.4, -0.2) is 37.6 Å². The zero-order valence-electron chi connectivity index (χ0n) is 18.1. The van der Waals surface area contributed by atoms with Gasteiger partial charge in [0.1, 0.15) is 0 Å². The van der Waals surface area contributed by atoms with Crippen LogP contribution >= 0.6 is 0 Å². The van der Waals surface area contributed by atoms with Crippen molar-refractivity contribution in [2.45, 2.75) is 17.0 Å². The number of amides is 2. The van der Waals surface area contributed by atoms with E-state index in [1.807, 2.05) is 42.5 Å². The lowest BCUT2D eigenvalue weighted by atomic mass is 9.79. The van der Waals surface area contributed by atoms with Crippen LogP contribution in [0.15, 0.2) is 83.8 Å². The summed E-state index contributed by atoms with van der Waals surface area (Å²) in [6, 6.07) is 22.8. The Hall–Kier alpha value is -3.82. The van der Waals surface area contributed by atoms with Gasteiger partial charge in [-0.05, 0) is 22.8 Å². The second-order valence-corrected chi connectivity index (χ2v) is 9.94. The minimum Gasteiger partial charge on any atom is -0.468 e. The number of imide groups is 1. The monoisotopic (exact) mass is 476 g/mol. The van der Waals surface area contributed by atoms with Crippen molar-refractivity contribution in [2.75, 3.05) is 7.11 Å². The van der Waals surface area contributed by atoms with E-state index in [4.69, 9.17) is 4.74 Å². The van der Waals surface area contributed by atoms with E-state index in [9.17, 15) is 22.8 Å². The molecular weight excluding hydrogens is 456 g/mol. The topological polar surface area (TPSA) is 110 Å². The molecule has 0 saturated carbocycles. The maximum atomic E-state index is 13.6. The molecule has 2 unspecified atom stereocenters. The molecule has 1 spiro atoms. The Kier molecular flexibility index (Phi) is 5.11. The Morgan fingerprint density at radius 2 is 1.56 bits per heavy atom. The molecular formula is C25H20N2O6S. The SMILES string of the molecule is COC(=O)C1C(=O)NC(=O)C12c1ccccc1S(=O)(=O)N2Cc1ccc(-c2ccccc2)cc1. The summed E-state index contributed by atoms with van der Waals surface area (Å²) < 4.78 is 33.0. The number of carbonyl (C=O) groups is 3. The number of hydrogen-bond donors (Lipinski definition) is 1. The van der Waals surface area contributed by atoms with E-state index >= 15 is 0 Å². The summed E-state index contributed by atoms with van der Waals surface area (Å²) >= 11 is 0. The normalized spacial score (nSPS) is 23.0. The van der Waals surface area contributed by atoms with Crippen LogP contribution in [0.1, 0.15) is 11.1 Å². The molecule has 2 heterocycles. The average Bonchev–Trinajstić information content (AvgIpc) is 3.22. The Balaban J connectivity index is 1.64. The van der Waals surface area contributed by atoms with Gasteiger partial charge < -0.3 is 4.74 Å². The molecule has 8 nitrogen and oxygen atoms in total. The van der Waals surface area contributed by atoms with Gasteiger partial charge in [-0.2, -0.15) is 4.31 Å². The molecule has 1 saturated heterocycles. The maximum Gasteiger partial charge on any atom is 0.321 e. The summed E-state index contributed by atoms with van der Waals surface area (Å²) in [6.45, 7) is -0.222. The van der Waals surface area contributed by atoms with Crippen molar-refractivity contribution in [1.29, 1.82) is 0 Å². The molecule has 172 valence electrons. The third-order valence-electron chi connectivity index (χ3n) is 6.35. The molecule has 1 N–H and O–H groups in total. The van der Waals surface area contributed by atoms with E-state index in [1.54, 1.807) is 18.2 Å². The number of methoxy groups -OCH3 is 1. The summed E-state index contributed by atoms with van der Waals surface area (Å²) in [6.07, 6.45) is 0. The fourth-order valence-electron chi connectivity index (χ4n) is 4.79. The molecule has 34 heavy (non-hydrogen) atoms. The van der Waals surface area contributed by atoms with Gasteiger partial charge in [0.15, 0.2) is 11.5 Å². The lowest BCUT2D eigenvalue weighted by molar-refractivity contribution is -0.154. The number of carbonyl (C=O) groups excluding carboxylic acids is 3. The number of ether oxygens (including phenoxy) is 1. The molecule has 2 aliphatic heterocycles. The highest BCUT2D eigenvalue weighted by molar-refractivity contribution is 7.89. The highest BCUT2D eigenvalue weighted by Crippen LogP contribution is 2.52. The van der Waals surface area contributed by atoms with Gasteiger partial charge in [0.2, 0.25) is 15.9 Å². The van der Waals surface area contributed by atoms with Crippen molar-refractivity contribution in [1.82, 2.24) is 9.62 Å². The van der Waals surface area contributed by atoms with E-state index in [2.05, 4.69) is 5.32 Å². The van der Waals surface area contributed by atoms with Crippen LogP contribution in [0.5, 0.6) is 0 Å². The summed E-state index contributed by atoms with van der Waals surface area (Å²) in [5.41, 5.74) is 0.532. The van der Waals surface area contributed by atoms with Gasteiger partial charge in [0.25, 0.3) is 5.91 Å². The fourth-order valence-corrected chi connectivity index (χ4v) is 6.76. The smallest absolute Gasteiger partial charge is 0.321 e. The summed E-state index contributed by atoms with van der Waals surface area (Å²) in [5, 5.41) is 2.16. The van der Waals surface area contributed by atoms with Crippen molar-refractivity contribution in [3.8, 4) is 11.1 Å². The molecule has 0 aromatic heterocycles. The molecule has 3 aromatic rings. The van der Waals surface area contributed by atoms with Crippen LogP contribution < -0.4 is 5.32 Å². The van der Waals surface area contributed by atoms with Crippen LogP contribution in [0.3, 0.4) is 0 Å². The number of nitrogens with zero attached hydrogens (tertiary/aromatic N) is 1. The zero-order chi connectivity index (χ0) is 24.1. The number of sulfonamides is 1. The third kappa shape index (κ3) is 3.01. The van der Waals surface area contributed by atoms with Gasteiger partial charge >= 0.3 is 5.97 Å². The van der Waals surface area contributed by atoms with Gasteiger partial charge in [-0.25, -0.2) is 8.42 Å². The molecule has 9 heteroatoms. The summed E-state index contributed by atoms with van der Waals surface area (Å²) in [7, 11) is -3.13. The lowest BCUT2D eigenvalue weighted by Crippen LogP contribution is -2.54. The van der Waals surface area contributed by atoms with E-state index < -0.39 is 39.3 Å². The Labute approximate surface area is 196 Å². The fraction of sp³-hybridized carbons (Fsp3) is 0.160. The van der Waals surface area contributed by atoms with Crippen LogP contribution in [0.2, 0.25) is 0 Å². The standard InChI is InChI=1S/C25H20N2O6S/c1-33-23(29)21-22(28)26-24(30)25(21)19-9-5-6-10-20(19)34(31,32)27(25)15-16-11-13-18(14-12-16)17-7-3-2-4-8-17/h2-14,21H,15H2,1H3,(H,26,28,30). The van der Waals surface area contributed by atoms with Crippen molar-refractivity contribution in [3.05, 3.63) is 90.0 Å². The van der Waals surface area contributed by atoms with Gasteiger partial charge in [-0.15, -0.1) is 0 Å². The number of fused-ring (bicyclic) bond motifs is 2. The molecule has 0 aliphatic carbocycles. The number of nitrogens with one attached hydrogen (secondary N) is 1. The van der Waals surface area contributed by atoms with E-state index in [0.29, 0.717) is 5.56 Å². The Morgan fingerprint density at radius 1 is 0.941 bits per heavy atom. The number of hydrogen-bond acceptors (Lipinski definition) is 6. The second kappa shape index (κ2) is 7.89. The number of benzene rings is 3. The van der Waals surface area contributed by atoms with Gasteiger partial charge in [0, 0.05) is 12.1 Å². The first kappa shape index (κ1) is 22.0. The van der Waals surface area contributed by atoms with Gasteiger partial charge in [-0.3, -0.25) is 19.7 Å². The van der Waals surface area contributed by atoms with E-state index in [-0.39, 0.29) is 17.0 Å². The summed E-state index contributed by atoms with van der Waals surface area (Å²) in [5.74, 6) is -4.43. The quantitative estimate of drug-likeness (QED) is 0.351. The van der Waals surface area contributed by atoms with Crippen molar-refractivity contribution in [3.63, 3.8) is 0 Å². The van der Waals surface area contributed by atoms with Crippen molar-refractivity contribution < 1.29 is 27.5 Å². The molecule has 3 aromatic carbocycles. The third-order valence-corrected chi connectivity index (χ3v) is 8.26. The molecule has 5 rings (SSSR count). The molecule has 2 aliphatic rings. The highest BCUT2D eigenvalue weighted by Gasteiger charge is 2.70. The molecule has 0 radical (unpaired) electrons. The maximum absolute atomic E-state index is 13.6. The van der Waals surface area contributed by atoms with Crippen LogP contribution in [0.25, 0.3) is 11.1 Å². The predicted molar refractivity (Wildman–Crippen MR) is 121 cm³/mol. The molecule has 2 atom stereocenters. The zero-order valence-corrected chi connectivity index (χ0v) is 18.9. The van der Waals surface area contributed by atoms with Gasteiger partial charge in [-0.1, -0.05) is 72.8 Å². The number of rotatable bonds is 4. The highest BCUT2D eigenvalue weighted by atomic mass is 32.2. The summed E-state index contributed by atoms with van der Waals surface area (Å²) in [4.78, 5) is 38.6. The molecule has 1 fully saturated rings. The van der Waals surface area contributed by atoms with Crippen molar-refractivity contribution >= 4 is 27.8 Å². The van der Waals surface area contributed by atoms with E-state index in [0.717, 1.165) is 22.5 Å². The predicted octanol–water partition coefficient (Wildman–Crippen LogP) is 2.20. The minimum absolute atomic E-state index is 0.0784.